The molecule has 0 aliphatic carbocycles. The van der Waals surface area contributed by atoms with Gasteiger partial charge in [0.15, 0.2) is 5.65 Å². The Morgan fingerprint density at radius 2 is 2.14 bits per heavy atom. The van der Waals surface area contributed by atoms with E-state index in [-0.39, 0.29) is 36.3 Å². The van der Waals surface area contributed by atoms with Crippen molar-refractivity contribution in [1.29, 1.82) is 0 Å². The van der Waals surface area contributed by atoms with Crippen LogP contribution < -0.4 is 34.4 Å². The van der Waals surface area contributed by atoms with Crippen LogP contribution in [0.2, 0.25) is 0 Å². The van der Waals surface area contributed by atoms with Crippen LogP contribution in [0, 0.1) is 0 Å². The smallest absolute Gasteiger partial charge is 0.545 e. The van der Waals surface area contributed by atoms with E-state index in [0.717, 1.165) is 5.56 Å². The van der Waals surface area contributed by atoms with E-state index in [9.17, 15) is 9.90 Å². The second-order valence-corrected chi connectivity index (χ2v) is 4.26. The molecule has 0 atom stereocenters. The summed E-state index contributed by atoms with van der Waals surface area (Å²) in [5, 5.41) is 15.1. The zero-order valence-corrected chi connectivity index (χ0v) is 12.0. The van der Waals surface area contributed by atoms with E-state index in [0.29, 0.717) is 11.2 Å². The zero-order chi connectivity index (χ0) is 15.0. The second-order valence-electron chi connectivity index (χ2n) is 4.26. The first-order valence-electron chi connectivity index (χ1n) is 5.96. The first kappa shape index (κ1) is 15.8. The van der Waals surface area contributed by atoms with Gasteiger partial charge in [-0.1, -0.05) is 0 Å². The van der Waals surface area contributed by atoms with Gasteiger partial charge in [0, 0.05) is 18.0 Å². The third-order valence-electron chi connectivity index (χ3n) is 2.95. The number of hydrogen-bond donors (Lipinski definition) is 1. The fraction of sp³-hybridized carbons (Fsp3) is 0.0769. The molecule has 0 saturated heterocycles. The Kier molecular flexibility index (Phi) is 4.35. The standard InChI is InChI=1S/C13H11N5O3.Li/c1-21-11-9(12(19)20)4-8(6-15-11)7-2-3-18-10(5-7)16-13(14)17-18;/h2-6H,1H3,(H2,14,17)(H,19,20);/q;+1/p-1. The number of pyridine rings is 2. The number of nitrogen functional groups attached to an aromatic ring is 1. The Hall–Kier alpha value is -2.56. The van der Waals surface area contributed by atoms with Gasteiger partial charge in [-0.15, -0.1) is 5.10 Å². The van der Waals surface area contributed by atoms with Crippen molar-refractivity contribution in [3.05, 3.63) is 36.2 Å². The summed E-state index contributed by atoms with van der Waals surface area (Å²) in [5.41, 5.74) is 7.29. The van der Waals surface area contributed by atoms with E-state index in [2.05, 4.69) is 15.1 Å². The maximum absolute atomic E-state index is 11.1. The fourth-order valence-corrected chi connectivity index (χ4v) is 2.00. The Morgan fingerprint density at radius 3 is 2.82 bits per heavy atom. The first-order valence-corrected chi connectivity index (χ1v) is 5.96. The molecule has 0 bridgehead atoms. The molecule has 2 N–H and O–H groups in total. The number of hydrogen-bond acceptors (Lipinski definition) is 7. The van der Waals surface area contributed by atoms with Gasteiger partial charge in [-0.2, -0.15) is 4.98 Å². The monoisotopic (exact) mass is 291 g/mol. The molecule has 0 fully saturated rings. The van der Waals surface area contributed by atoms with Crippen molar-refractivity contribution in [2.75, 3.05) is 12.8 Å². The van der Waals surface area contributed by atoms with Gasteiger partial charge in [0.1, 0.15) is 0 Å². The van der Waals surface area contributed by atoms with Crippen LogP contribution in [-0.2, 0) is 0 Å². The molecule has 3 aromatic rings. The molecule has 106 valence electrons. The van der Waals surface area contributed by atoms with Gasteiger partial charge in [-0.05, 0) is 23.8 Å². The number of carboxylic acid groups (broad SMARTS) is 1. The number of anilines is 1. The van der Waals surface area contributed by atoms with Gasteiger partial charge in [0.2, 0.25) is 11.8 Å². The molecular weight excluding hydrogens is 281 g/mol. The van der Waals surface area contributed by atoms with Gasteiger partial charge >= 0.3 is 18.9 Å². The van der Waals surface area contributed by atoms with Crippen LogP contribution >= 0.6 is 0 Å². The normalized spacial score (nSPS) is 10.2. The van der Waals surface area contributed by atoms with Crippen LogP contribution in [0.25, 0.3) is 16.8 Å². The van der Waals surface area contributed by atoms with E-state index >= 15 is 0 Å². The average molecular weight is 291 g/mol. The fourth-order valence-electron chi connectivity index (χ4n) is 2.00. The number of carboxylic acids is 1. The molecule has 0 unspecified atom stereocenters. The number of rotatable bonds is 3. The molecule has 0 aliphatic rings. The minimum absolute atomic E-state index is 0. The molecule has 0 radical (unpaired) electrons. The summed E-state index contributed by atoms with van der Waals surface area (Å²) in [7, 11) is 1.35. The number of aromatic nitrogens is 4. The third-order valence-corrected chi connectivity index (χ3v) is 2.95. The van der Waals surface area contributed by atoms with Crippen molar-refractivity contribution >= 4 is 17.6 Å². The molecule has 0 amide bonds. The van der Waals surface area contributed by atoms with Crippen molar-refractivity contribution in [3.63, 3.8) is 0 Å². The maximum atomic E-state index is 11.1. The van der Waals surface area contributed by atoms with Crippen LogP contribution in [0.3, 0.4) is 0 Å². The summed E-state index contributed by atoms with van der Waals surface area (Å²) >= 11 is 0. The summed E-state index contributed by atoms with van der Waals surface area (Å²) in [6.45, 7) is 0. The Bertz CT molecular complexity index is 849. The number of nitrogens with zero attached hydrogens (tertiary/aromatic N) is 4. The van der Waals surface area contributed by atoms with E-state index in [1.807, 2.05) is 0 Å². The van der Waals surface area contributed by atoms with Gasteiger partial charge < -0.3 is 20.4 Å². The largest absolute Gasteiger partial charge is 1.00 e. The molecule has 0 aliphatic heterocycles. The molecule has 8 nitrogen and oxygen atoms in total. The number of nitrogens with two attached hydrogens (primary N) is 1. The Labute approximate surface area is 137 Å². The molecule has 9 heteroatoms. The van der Waals surface area contributed by atoms with Crippen LogP contribution in [0.15, 0.2) is 30.6 Å². The molecule has 3 rings (SSSR count). The van der Waals surface area contributed by atoms with Crippen molar-refractivity contribution < 1.29 is 33.5 Å². The SMILES string of the molecule is COc1ncc(-c2ccn3nc(N)nc3c2)cc1C(=O)[O-].[Li+]. The number of methoxy groups -OCH3 is 1. The summed E-state index contributed by atoms with van der Waals surface area (Å²) in [5.74, 6) is -1.18. The van der Waals surface area contributed by atoms with Crippen molar-refractivity contribution in [3.8, 4) is 17.0 Å². The number of carbonyl (C=O) groups excluding carboxylic acids is 1. The van der Waals surface area contributed by atoms with Crippen LogP contribution in [0.4, 0.5) is 5.95 Å². The van der Waals surface area contributed by atoms with Crippen molar-refractivity contribution in [2.24, 2.45) is 0 Å². The summed E-state index contributed by atoms with van der Waals surface area (Å²) in [6.07, 6.45) is 3.19. The molecule has 3 heterocycles. The minimum Gasteiger partial charge on any atom is -0.545 e. The number of ether oxygens (including phenoxy) is 1. The van der Waals surface area contributed by atoms with Gasteiger partial charge in [0.25, 0.3) is 0 Å². The summed E-state index contributed by atoms with van der Waals surface area (Å²) in [6, 6.07) is 4.92. The predicted octanol–water partition coefficient (Wildman–Crippen LogP) is -3.25. The molecule has 0 saturated carbocycles. The van der Waals surface area contributed by atoms with Crippen LogP contribution in [-0.4, -0.2) is 32.7 Å². The molecule has 0 aromatic carbocycles. The van der Waals surface area contributed by atoms with Gasteiger partial charge in [0.05, 0.1) is 18.6 Å². The molecule has 22 heavy (non-hydrogen) atoms. The second kappa shape index (κ2) is 6.05. The Balaban J connectivity index is 0.00000176. The number of fused-ring (bicyclic) bond motifs is 1. The van der Waals surface area contributed by atoms with E-state index < -0.39 is 5.97 Å². The summed E-state index contributed by atoms with van der Waals surface area (Å²) in [4.78, 5) is 19.1. The minimum atomic E-state index is -1.35. The molecule has 0 spiro atoms. The average Bonchev–Trinajstić information content (AvgIpc) is 2.85. The van der Waals surface area contributed by atoms with Gasteiger partial charge in [-0.25, -0.2) is 9.50 Å². The molecular formula is C13H10LiN5O3. The number of carbonyl (C=O) groups is 1. The maximum Gasteiger partial charge on any atom is 1.00 e. The summed E-state index contributed by atoms with van der Waals surface area (Å²) < 4.78 is 6.42. The van der Waals surface area contributed by atoms with Crippen molar-refractivity contribution in [1.82, 2.24) is 19.6 Å². The topological polar surface area (TPSA) is 118 Å². The zero-order valence-electron chi connectivity index (χ0n) is 12.0. The predicted molar refractivity (Wildman–Crippen MR) is 71.5 cm³/mol. The Morgan fingerprint density at radius 1 is 1.36 bits per heavy atom. The number of aromatic carboxylic acids is 1. The van der Waals surface area contributed by atoms with Crippen LogP contribution in [0.1, 0.15) is 10.4 Å². The van der Waals surface area contributed by atoms with E-state index in [1.165, 1.54) is 23.9 Å². The van der Waals surface area contributed by atoms with Gasteiger partial charge in [-0.3, -0.25) is 0 Å². The molecule has 3 aromatic heterocycles. The van der Waals surface area contributed by atoms with Crippen molar-refractivity contribution in [2.45, 2.75) is 0 Å². The third kappa shape index (κ3) is 2.74. The van der Waals surface area contributed by atoms with E-state index in [1.54, 1.807) is 18.3 Å². The van der Waals surface area contributed by atoms with E-state index in [4.69, 9.17) is 10.5 Å². The van der Waals surface area contributed by atoms with Crippen LogP contribution in [0.5, 0.6) is 5.88 Å². The quantitative estimate of drug-likeness (QED) is 0.503. The first-order chi connectivity index (χ1) is 10.1.